The number of aromatic nitrogens is 4. The molecule has 372 valence electrons. The molecule has 2 aliphatic heterocycles. The highest BCUT2D eigenvalue weighted by molar-refractivity contribution is 7.46. The molecule has 0 amide bonds. The van der Waals surface area contributed by atoms with Crippen LogP contribution in [0.5, 0.6) is 11.5 Å². The van der Waals surface area contributed by atoms with E-state index in [1.807, 2.05) is 78.9 Å². The van der Waals surface area contributed by atoms with E-state index in [1.54, 1.807) is 27.8 Å². The Hall–Kier alpha value is -5.05. The normalized spacial score (nSPS) is 23.5. The minimum absolute atomic E-state index is 0.0454. The number of aryl methyl sites for hydroxylation is 1. The fourth-order valence-electron chi connectivity index (χ4n) is 8.48. The average Bonchev–Trinajstić information content (AvgIpc) is 3.85. The minimum atomic E-state index is -2.50. The number of aromatic amines is 2. The highest BCUT2D eigenvalue weighted by Gasteiger charge is 2.53. The lowest BCUT2D eigenvalue weighted by Gasteiger charge is -2.40. The Bertz CT molecular complexity index is 2690. The zero-order chi connectivity index (χ0) is 49.8. The van der Waals surface area contributed by atoms with Gasteiger partial charge in [0.15, 0.2) is 29.1 Å². The molecule has 3 aromatic carbocycles. The molecule has 1 unspecified atom stereocenters. The lowest BCUT2D eigenvalue weighted by Crippen LogP contribution is -2.50. The number of ether oxygens (including phenoxy) is 7. The standard InChI is InChI=1S/C49H63N4O14PSi/c1-30-27-53(47(57)51-43(30)55)45-42(61-8)40(67-69(10,11)48(2,3)4)37(65-45)29-63-68(9)66-39-36(64-44(41(39)60-7)52-26-25-38(54)50-46(52)56)28-62-49(31-15-13-12-14-16-31,32-17-21-34(58-5)22-18-32)33-19-23-35(59-6)24-20-33/h12-27,36-37,39-42,44-45H,28-29H2,1-11H3,(H,50,54,56)(H,51,55,57)/t36-,37-,39-,40-,41-,42-,44-,45-,68?/m1/s1. The van der Waals surface area contributed by atoms with Gasteiger partial charge in [0.05, 0.1) is 27.4 Å². The Labute approximate surface area is 402 Å². The van der Waals surface area contributed by atoms with Crippen molar-refractivity contribution in [1.29, 1.82) is 0 Å². The van der Waals surface area contributed by atoms with Gasteiger partial charge in [-0.1, -0.05) is 75.4 Å². The van der Waals surface area contributed by atoms with E-state index in [1.165, 1.54) is 41.8 Å². The summed E-state index contributed by atoms with van der Waals surface area (Å²) in [5, 5.41) is -0.196. The highest BCUT2D eigenvalue weighted by Crippen LogP contribution is 2.48. The van der Waals surface area contributed by atoms with Gasteiger partial charge in [0, 0.05) is 44.9 Å². The summed E-state index contributed by atoms with van der Waals surface area (Å²) in [5.74, 6) is 1.32. The molecule has 2 aliphatic rings. The maximum absolute atomic E-state index is 13.4. The fraction of sp³-hybridized carbons (Fsp3) is 0.469. The number of nitrogens with zero attached hydrogens (tertiary/aromatic N) is 2. The van der Waals surface area contributed by atoms with Crippen LogP contribution in [0.25, 0.3) is 0 Å². The topological polar surface area (TPSA) is 202 Å². The third kappa shape index (κ3) is 10.8. The van der Waals surface area contributed by atoms with Gasteiger partial charge in [-0.05, 0) is 66.0 Å². The smallest absolute Gasteiger partial charge is 0.330 e. The van der Waals surface area contributed by atoms with Gasteiger partial charge in [0.1, 0.15) is 53.7 Å². The van der Waals surface area contributed by atoms with Gasteiger partial charge in [0.25, 0.3) is 11.1 Å². The molecule has 0 saturated carbocycles. The van der Waals surface area contributed by atoms with Crippen LogP contribution in [0.4, 0.5) is 0 Å². The first kappa shape index (κ1) is 51.8. The van der Waals surface area contributed by atoms with Crippen molar-refractivity contribution in [2.75, 3.05) is 48.3 Å². The van der Waals surface area contributed by atoms with Gasteiger partial charge >= 0.3 is 11.4 Å². The molecule has 0 aliphatic carbocycles. The van der Waals surface area contributed by atoms with E-state index in [4.69, 9.17) is 46.6 Å². The maximum atomic E-state index is 13.4. The number of methoxy groups -OCH3 is 4. The van der Waals surface area contributed by atoms with Crippen molar-refractivity contribution >= 4 is 16.7 Å². The van der Waals surface area contributed by atoms with E-state index in [0.29, 0.717) is 17.1 Å². The van der Waals surface area contributed by atoms with Crippen molar-refractivity contribution in [1.82, 2.24) is 19.1 Å². The molecule has 2 aromatic heterocycles. The molecule has 2 saturated heterocycles. The molecule has 9 atom stereocenters. The lowest BCUT2D eigenvalue weighted by molar-refractivity contribution is -0.0956. The summed E-state index contributed by atoms with van der Waals surface area (Å²) in [6.45, 7) is 13.8. The maximum Gasteiger partial charge on any atom is 0.330 e. The third-order valence-corrected chi connectivity index (χ3v) is 18.8. The molecule has 69 heavy (non-hydrogen) atoms. The highest BCUT2D eigenvalue weighted by atomic mass is 31.2. The van der Waals surface area contributed by atoms with Crippen LogP contribution in [0.2, 0.25) is 18.1 Å². The van der Waals surface area contributed by atoms with Gasteiger partial charge in [-0.3, -0.25) is 28.7 Å². The van der Waals surface area contributed by atoms with Crippen LogP contribution in [-0.2, 0) is 42.8 Å². The van der Waals surface area contributed by atoms with E-state index in [2.05, 4.69) is 43.8 Å². The van der Waals surface area contributed by atoms with Crippen molar-refractivity contribution in [2.24, 2.45) is 0 Å². The van der Waals surface area contributed by atoms with Crippen molar-refractivity contribution in [3.63, 3.8) is 0 Å². The van der Waals surface area contributed by atoms with E-state index < -0.39 is 93.9 Å². The summed E-state index contributed by atoms with van der Waals surface area (Å²) in [6.07, 6.45) is -4.18. The van der Waals surface area contributed by atoms with Crippen LogP contribution in [0, 0.1) is 6.92 Å². The molecule has 0 spiro atoms. The quantitative estimate of drug-likeness (QED) is 0.0556. The van der Waals surface area contributed by atoms with Gasteiger partial charge < -0.3 is 46.6 Å². The Kier molecular flexibility index (Phi) is 16.2. The monoisotopic (exact) mass is 990 g/mol. The number of nitrogens with one attached hydrogen (secondary N) is 2. The first-order valence-corrected chi connectivity index (χ1v) is 27.1. The Morgan fingerprint density at radius 2 is 1.19 bits per heavy atom. The molecule has 7 rings (SSSR count). The molecule has 2 fully saturated rings. The number of H-pyrrole nitrogens is 2. The molecule has 2 N–H and O–H groups in total. The van der Waals surface area contributed by atoms with Crippen LogP contribution in [0.1, 0.15) is 55.5 Å². The van der Waals surface area contributed by atoms with E-state index in [0.717, 1.165) is 16.7 Å². The minimum Gasteiger partial charge on any atom is -0.497 e. The summed E-state index contributed by atoms with van der Waals surface area (Å²) < 4.78 is 66.7. The number of rotatable bonds is 19. The van der Waals surface area contributed by atoms with Crippen LogP contribution in [0.3, 0.4) is 0 Å². The summed E-state index contributed by atoms with van der Waals surface area (Å²) >= 11 is 0. The Balaban J connectivity index is 1.23. The Morgan fingerprint density at radius 3 is 1.72 bits per heavy atom. The summed E-state index contributed by atoms with van der Waals surface area (Å²) in [6, 6.07) is 26.2. The Morgan fingerprint density at radius 1 is 0.667 bits per heavy atom. The summed E-state index contributed by atoms with van der Waals surface area (Å²) in [5.41, 5.74) is -0.972. The van der Waals surface area contributed by atoms with Crippen molar-refractivity contribution in [2.45, 2.75) is 101 Å². The lowest BCUT2D eigenvalue weighted by atomic mass is 9.80. The molecule has 20 heteroatoms. The first-order valence-electron chi connectivity index (χ1n) is 22.6. The van der Waals surface area contributed by atoms with Gasteiger partial charge in [0.2, 0.25) is 0 Å². The van der Waals surface area contributed by atoms with E-state index >= 15 is 0 Å². The fourth-order valence-corrected chi connectivity index (χ4v) is 10.8. The van der Waals surface area contributed by atoms with Crippen LogP contribution >= 0.6 is 8.38 Å². The van der Waals surface area contributed by atoms with Crippen LogP contribution < -0.4 is 32.0 Å². The van der Waals surface area contributed by atoms with E-state index in [-0.39, 0.29) is 18.3 Å². The molecular weight excluding hydrogens is 928 g/mol. The molecule has 0 radical (unpaired) electrons. The molecule has 18 nitrogen and oxygen atoms in total. The predicted octanol–water partition coefficient (Wildman–Crippen LogP) is 5.98. The molecule has 5 aromatic rings. The van der Waals surface area contributed by atoms with Crippen molar-refractivity contribution in [3.05, 3.63) is 161 Å². The van der Waals surface area contributed by atoms with Crippen molar-refractivity contribution < 1.29 is 46.6 Å². The first-order chi connectivity index (χ1) is 32.8. The van der Waals surface area contributed by atoms with Crippen molar-refractivity contribution in [3.8, 4) is 11.5 Å². The third-order valence-electron chi connectivity index (χ3n) is 13.2. The zero-order valence-electron chi connectivity index (χ0n) is 40.8. The van der Waals surface area contributed by atoms with Crippen LogP contribution in [-0.4, -0.2) is 112 Å². The predicted molar refractivity (Wildman–Crippen MR) is 261 cm³/mol. The van der Waals surface area contributed by atoms with Crippen LogP contribution in [0.15, 0.2) is 117 Å². The molecule has 0 bridgehead atoms. The number of benzene rings is 3. The van der Waals surface area contributed by atoms with Gasteiger partial charge in [-0.15, -0.1) is 0 Å². The summed E-state index contributed by atoms with van der Waals surface area (Å²) in [4.78, 5) is 55.9. The zero-order valence-corrected chi connectivity index (χ0v) is 42.7. The second kappa shape index (κ2) is 21.5. The largest absolute Gasteiger partial charge is 0.497 e. The molecule has 4 heterocycles. The SMILES string of the molecule is COc1ccc(C(OC[C@H]2O[C@@H](n3ccc(=O)[nH]c3=O)[C@H](OC)[C@@H]2OP(C)OC[C@H]2O[C@@H](n3cc(C)c(=O)[nH]c3=O)[C@H](OC)[C@@H]2O[Si](C)(C)C(C)(C)C)(c2ccccc2)c2ccc(OC)cc2)cc1. The van der Waals surface area contributed by atoms with Gasteiger partial charge in [-0.2, -0.15) is 0 Å². The molecular formula is C49H63N4O14PSi. The number of hydrogen-bond acceptors (Lipinski definition) is 14. The van der Waals surface area contributed by atoms with E-state index in [9.17, 15) is 19.2 Å². The number of hydrogen-bond donors (Lipinski definition) is 2. The second-order valence-corrected chi connectivity index (χ2v) is 24.6. The second-order valence-electron chi connectivity index (χ2n) is 18.5. The summed E-state index contributed by atoms with van der Waals surface area (Å²) in [7, 11) is 1.93. The average molecular weight is 991 g/mol. The van der Waals surface area contributed by atoms with Gasteiger partial charge in [-0.25, -0.2) is 9.59 Å².